The third kappa shape index (κ3) is 5.01. The van der Waals surface area contributed by atoms with Crippen LogP contribution in [0.2, 0.25) is 0 Å². The van der Waals surface area contributed by atoms with E-state index in [4.69, 9.17) is 0 Å². The fraction of sp³-hybridized carbons (Fsp3) is 0.192. The van der Waals surface area contributed by atoms with Crippen LogP contribution in [0.25, 0.3) is 10.9 Å². The van der Waals surface area contributed by atoms with Crippen LogP contribution < -0.4 is 10.2 Å². The van der Waals surface area contributed by atoms with Gasteiger partial charge in [-0.3, -0.25) is 24.5 Å². The lowest BCUT2D eigenvalue weighted by molar-refractivity contribution is -0.123. The van der Waals surface area contributed by atoms with Gasteiger partial charge in [0, 0.05) is 23.3 Å². The first-order valence-electron chi connectivity index (χ1n) is 10.8. The van der Waals surface area contributed by atoms with Crippen molar-refractivity contribution in [1.82, 2.24) is 20.3 Å². The number of pyridine rings is 1. The lowest BCUT2D eigenvalue weighted by Gasteiger charge is -2.33. The van der Waals surface area contributed by atoms with Gasteiger partial charge in [-0.25, -0.2) is 4.98 Å². The van der Waals surface area contributed by atoms with Crippen molar-refractivity contribution in [3.05, 3.63) is 90.6 Å². The molecule has 0 saturated carbocycles. The summed E-state index contributed by atoms with van der Waals surface area (Å²) in [6.07, 6.45) is 5.82. The number of carbonyl (C=O) groups is 2. The summed E-state index contributed by atoms with van der Waals surface area (Å²) in [5, 5.41) is 13.6. The fourth-order valence-corrected chi connectivity index (χ4v) is 3.62. The topological polar surface area (TPSA) is 108 Å². The van der Waals surface area contributed by atoms with Gasteiger partial charge in [0.15, 0.2) is 0 Å². The number of nitrogens with one attached hydrogen (secondary N) is 1. The molecule has 4 aromatic rings. The molecule has 2 heterocycles. The maximum atomic E-state index is 13.8. The lowest BCUT2D eigenvalue weighted by Crippen LogP contribution is -2.49. The standard InChI is InChI=1S/C26H25N5O3/c1-26(2,3)30-24(33)23(17-8-10-20(32)11-9-17)31(25(34)22-16-27-12-13-28-22)19-14-18-6-4-5-7-21(18)29-15-19/h4-16,23,32H,1-3H3,(H,30,33). The van der Waals surface area contributed by atoms with E-state index in [-0.39, 0.29) is 17.4 Å². The molecule has 8 heteroatoms. The van der Waals surface area contributed by atoms with E-state index in [2.05, 4.69) is 20.3 Å². The number of phenols is 1. The molecule has 0 aliphatic rings. The van der Waals surface area contributed by atoms with Gasteiger partial charge in [0.1, 0.15) is 17.5 Å². The van der Waals surface area contributed by atoms with Gasteiger partial charge < -0.3 is 10.4 Å². The molecule has 2 aromatic carbocycles. The molecule has 2 aromatic heterocycles. The van der Waals surface area contributed by atoms with Gasteiger partial charge in [-0.15, -0.1) is 0 Å². The largest absolute Gasteiger partial charge is 0.508 e. The van der Waals surface area contributed by atoms with Crippen LogP contribution in [0.3, 0.4) is 0 Å². The van der Waals surface area contributed by atoms with Crippen molar-refractivity contribution < 1.29 is 14.7 Å². The second kappa shape index (κ2) is 9.27. The van der Waals surface area contributed by atoms with Gasteiger partial charge in [0.05, 0.1) is 23.6 Å². The number of anilines is 1. The zero-order valence-corrected chi connectivity index (χ0v) is 19.1. The number of benzene rings is 2. The van der Waals surface area contributed by atoms with Crippen molar-refractivity contribution in [2.75, 3.05) is 4.90 Å². The predicted molar refractivity (Wildman–Crippen MR) is 129 cm³/mol. The number of hydrogen-bond acceptors (Lipinski definition) is 6. The minimum atomic E-state index is -1.06. The smallest absolute Gasteiger partial charge is 0.279 e. The molecule has 0 saturated heterocycles. The second-order valence-corrected chi connectivity index (χ2v) is 8.89. The maximum absolute atomic E-state index is 13.8. The number of fused-ring (bicyclic) bond motifs is 1. The van der Waals surface area contributed by atoms with Crippen LogP contribution in [-0.4, -0.2) is 37.4 Å². The number of aromatic nitrogens is 3. The van der Waals surface area contributed by atoms with Crippen LogP contribution in [0, 0.1) is 0 Å². The van der Waals surface area contributed by atoms with Crippen molar-refractivity contribution in [1.29, 1.82) is 0 Å². The van der Waals surface area contributed by atoms with E-state index in [0.29, 0.717) is 11.3 Å². The molecule has 2 amide bonds. The van der Waals surface area contributed by atoms with Gasteiger partial charge in [0.2, 0.25) is 5.91 Å². The van der Waals surface area contributed by atoms with E-state index in [1.54, 1.807) is 18.3 Å². The Balaban J connectivity index is 1.92. The molecule has 0 aliphatic heterocycles. The molecule has 0 spiro atoms. The van der Waals surface area contributed by atoms with Crippen LogP contribution in [0.5, 0.6) is 5.75 Å². The van der Waals surface area contributed by atoms with Crippen LogP contribution in [0.15, 0.2) is 79.4 Å². The number of aromatic hydroxyl groups is 1. The van der Waals surface area contributed by atoms with Crippen LogP contribution in [-0.2, 0) is 4.79 Å². The second-order valence-electron chi connectivity index (χ2n) is 8.89. The lowest BCUT2D eigenvalue weighted by atomic mass is 10.00. The molecule has 0 aliphatic carbocycles. The highest BCUT2D eigenvalue weighted by Crippen LogP contribution is 2.32. The summed E-state index contributed by atoms with van der Waals surface area (Å²) in [6.45, 7) is 5.60. The van der Waals surface area contributed by atoms with E-state index in [9.17, 15) is 14.7 Å². The average molecular weight is 456 g/mol. The van der Waals surface area contributed by atoms with Gasteiger partial charge in [-0.05, 0) is 50.6 Å². The fourth-order valence-electron chi connectivity index (χ4n) is 3.62. The summed E-state index contributed by atoms with van der Waals surface area (Å²) in [6, 6.07) is 14.5. The minimum absolute atomic E-state index is 0.0536. The Bertz CT molecular complexity index is 1320. The molecule has 8 nitrogen and oxygen atoms in total. The summed E-state index contributed by atoms with van der Waals surface area (Å²) < 4.78 is 0. The van der Waals surface area contributed by atoms with Gasteiger partial charge in [-0.2, -0.15) is 0 Å². The molecular formula is C26H25N5O3. The summed E-state index contributed by atoms with van der Waals surface area (Å²) in [7, 11) is 0. The molecule has 0 bridgehead atoms. The van der Waals surface area contributed by atoms with E-state index in [1.165, 1.54) is 35.6 Å². The Hall–Kier alpha value is -4.33. The first kappa shape index (κ1) is 22.8. The molecule has 172 valence electrons. The third-order valence-corrected chi connectivity index (χ3v) is 5.07. The summed E-state index contributed by atoms with van der Waals surface area (Å²) in [5.41, 5.74) is 1.25. The number of hydrogen-bond donors (Lipinski definition) is 2. The maximum Gasteiger partial charge on any atom is 0.279 e. The monoisotopic (exact) mass is 455 g/mol. The molecule has 1 unspecified atom stereocenters. The van der Waals surface area contributed by atoms with E-state index in [0.717, 1.165) is 10.9 Å². The zero-order valence-electron chi connectivity index (χ0n) is 19.1. The van der Waals surface area contributed by atoms with Gasteiger partial charge in [-0.1, -0.05) is 30.3 Å². The van der Waals surface area contributed by atoms with Crippen LogP contribution in [0.4, 0.5) is 5.69 Å². The zero-order chi connectivity index (χ0) is 24.3. The van der Waals surface area contributed by atoms with E-state index in [1.807, 2.05) is 51.1 Å². The van der Waals surface area contributed by atoms with Crippen molar-refractivity contribution in [2.45, 2.75) is 32.4 Å². The van der Waals surface area contributed by atoms with Crippen molar-refractivity contribution in [3.63, 3.8) is 0 Å². The Morgan fingerprint density at radius 3 is 2.38 bits per heavy atom. The number of amides is 2. The highest BCUT2D eigenvalue weighted by Gasteiger charge is 2.35. The number of carbonyl (C=O) groups excluding carboxylic acids is 2. The molecule has 0 radical (unpaired) electrons. The first-order chi connectivity index (χ1) is 16.2. The SMILES string of the molecule is CC(C)(C)NC(=O)C(c1ccc(O)cc1)N(C(=O)c1cnccn1)c1cnc2ccccc2c1. The number of para-hydroxylation sites is 1. The minimum Gasteiger partial charge on any atom is -0.508 e. The van der Waals surface area contributed by atoms with Gasteiger partial charge >= 0.3 is 0 Å². The Morgan fingerprint density at radius 2 is 1.71 bits per heavy atom. The molecule has 0 fully saturated rings. The first-order valence-corrected chi connectivity index (χ1v) is 10.8. The number of nitrogens with zero attached hydrogens (tertiary/aromatic N) is 4. The highest BCUT2D eigenvalue weighted by atomic mass is 16.3. The quantitative estimate of drug-likeness (QED) is 0.470. The van der Waals surface area contributed by atoms with Crippen molar-refractivity contribution >= 4 is 28.4 Å². The Morgan fingerprint density at radius 1 is 0.971 bits per heavy atom. The summed E-state index contributed by atoms with van der Waals surface area (Å²) in [5.74, 6) is -0.839. The van der Waals surface area contributed by atoms with E-state index >= 15 is 0 Å². The summed E-state index contributed by atoms with van der Waals surface area (Å²) in [4.78, 5) is 41.5. The average Bonchev–Trinajstić information content (AvgIpc) is 2.82. The molecule has 1 atom stereocenters. The van der Waals surface area contributed by atoms with Crippen molar-refractivity contribution in [2.24, 2.45) is 0 Å². The van der Waals surface area contributed by atoms with Crippen LogP contribution in [0.1, 0.15) is 42.9 Å². The number of phenolic OH excluding ortho intramolecular Hbond substituents is 1. The van der Waals surface area contributed by atoms with E-state index < -0.39 is 17.5 Å². The Labute approximate surface area is 197 Å². The molecule has 2 N–H and O–H groups in total. The Kier molecular flexibility index (Phi) is 6.23. The molecule has 4 rings (SSSR count). The molecule has 34 heavy (non-hydrogen) atoms. The number of rotatable bonds is 5. The van der Waals surface area contributed by atoms with Gasteiger partial charge in [0.25, 0.3) is 5.91 Å². The summed E-state index contributed by atoms with van der Waals surface area (Å²) >= 11 is 0. The normalized spacial score (nSPS) is 12.2. The van der Waals surface area contributed by atoms with Crippen LogP contribution >= 0.6 is 0 Å². The molecular weight excluding hydrogens is 430 g/mol. The highest BCUT2D eigenvalue weighted by molar-refractivity contribution is 6.09. The third-order valence-electron chi connectivity index (χ3n) is 5.07. The predicted octanol–water partition coefficient (Wildman–Crippen LogP) is 4.03. The van der Waals surface area contributed by atoms with Crippen molar-refractivity contribution in [3.8, 4) is 5.75 Å².